The van der Waals surface area contributed by atoms with E-state index in [2.05, 4.69) is 5.32 Å². The molecule has 0 aliphatic carbocycles. The molecule has 5 nitrogen and oxygen atoms in total. The van der Waals surface area contributed by atoms with Crippen LogP contribution in [-0.4, -0.2) is 25.3 Å². The van der Waals surface area contributed by atoms with Crippen molar-refractivity contribution in [3.63, 3.8) is 0 Å². The molecule has 1 unspecified atom stereocenters. The van der Waals surface area contributed by atoms with Crippen LogP contribution in [0.15, 0.2) is 0 Å². The van der Waals surface area contributed by atoms with E-state index in [9.17, 15) is 14.4 Å². The van der Waals surface area contributed by atoms with Crippen LogP contribution >= 0.6 is 0 Å². The number of hydrogen-bond acceptors (Lipinski definition) is 3. The zero-order valence-electron chi connectivity index (χ0n) is 6.38. The second kappa shape index (κ2) is 4.43. The molecule has 0 saturated heterocycles. The fourth-order valence-electron chi connectivity index (χ4n) is 0.519. The molecule has 0 bridgehead atoms. The van der Waals surface area contributed by atoms with Crippen molar-refractivity contribution in [1.82, 2.24) is 10.6 Å². The van der Waals surface area contributed by atoms with Crippen LogP contribution < -0.4 is 10.6 Å². The molecule has 0 aliphatic rings. The molecule has 0 aromatic carbocycles. The largest absolute Gasteiger partial charge is 0.358 e. The number of amides is 3. The van der Waals surface area contributed by atoms with Gasteiger partial charge in [-0.25, -0.2) is 0 Å². The van der Waals surface area contributed by atoms with E-state index in [4.69, 9.17) is 0 Å². The average molecular weight is 158 g/mol. The predicted octanol–water partition coefficient (Wildman–Crippen LogP) is -1.36. The number of hydrogen-bond donors (Lipinski definition) is 2. The van der Waals surface area contributed by atoms with Crippen LogP contribution in [0.2, 0.25) is 0 Å². The Morgan fingerprint density at radius 1 is 1.36 bits per heavy atom. The van der Waals surface area contributed by atoms with Crippen molar-refractivity contribution in [3.8, 4) is 0 Å². The number of nitrogens with one attached hydrogen (secondary N) is 2. The van der Waals surface area contributed by atoms with Crippen molar-refractivity contribution in [1.29, 1.82) is 0 Å². The summed E-state index contributed by atoms with van der Waals surface area (Å²) in [6.45, 7) is 1.41. The predicted molar refractivity (Wildman–Crippen MR) is 37.4 cm³/mol. The highest BCUT2D eigenvalue weighted by Gasteiger charge is 2.18. The van der Waals surface area contributed by atoms with Crippen molar-refractivity contribution < 1.29 is 14.4 Å². The SMILES string of the molecule is CNC(=O)C(C)C(=O)NC=O. The van der Waals surface area contributed by atoms with Crippen molar-refractivity contribution >= 4 is 18.2 Å². The highest BCUT2D eigenvalue weighted by Crippen LogP contribution is 1.92. The van der Waals surface area contributed by atoms with E-state index >= 15 is 0 Å². The lowest BCUT2D eigenvalue weighted by molar-refractivity contribution is -0.135. The monoisotopic (exact) mass is 158 g/mol. The maximum atomic E-state index is 10.7. The van der Waals surface area contributed by atoms with Gasteiger partial charge in [0.25, 0.3) is 0 Å². The van der Waals surface area contributed by atoms with Crippen molar-refractivity contribution in [2.45, 2.75) is 6.92 Å². The van der Waals surface area contributed by atoms with Crippen molar-refractivity contribution in [2.75, 3.05) is 7.05 Å². The fourth-order valence-corrected chi connectivity index (χ4v) is 0.519. The number of carbonyl (C=O) groups is 3. The smallest absolute Gasteiger partial charge is 0.238 e. The van der Waals surface area contributed by atoms with E-state index in [-0.39, 0.29) is 6.41 Å². The molecule has 0 spiro atoms. The van der Waals surface area contributed by atoms with E-state index in [0.29, 0.717) is 0 Å². The minimum absolute atomic E-state index is 0.252. The lowest BCUT2D eigenvalue weighted by atomic mass is 10.1. The van der Waals surface area contributed by atoms with Gasteiger partial charge in [0.2, 0.25) is 18.2 Å². The first-order valence-electron chi connectivity index (χ1n) is 3.09. The van der Waals surface area contributed by atoms with Crippen LogP contribution in [0.3, 0.4) is 0 Å². The standard InChI is InChI=1S/C6H10N2O3/c1-4(5(10)7-2)6(11)8-3-9/h3-4H,1-2H3,(H,7,10)(H,8,9,11). The maximum absolute atomic E-state index is 10.7. The van der Waals surface area contributed by atoms with Gasteiger partial charge in [-0.15, -0.1) is 0 Å². The molecule has 2 N–H and O–H groups in total. The first-order valence-corrected chi connectivity index (χ1v) is 3.09. The molecule has 0 radical (unpaired) electrons. The summed E-state index contributed by atoms with van der Waals surface area (Å²) in [5, 5.41) is 4.17. The van der Waals surface area contributed by atoms with Crippen LogP contribution in [0.25, 0.3) is 0 Å². The Morgan fingerprint density at radius 3 is 2.27 bits per heavy atom. The van der Waals surface area contributed by atoms with Gasteiger partial charge in [0, 0.05) is 7.05 Å². The highest BCUT2D eigenvalue weighted by molar-refractivity contribution is 6.02. The molecular weight excluding hydrogens is 148 g/mol. The van der Waals surface area contributed by atoms with E-state index in [1.54, 1.807) is 0 Å². The Morgan fingerprint density at radius 2 is 1.91 bits per heavy atom. The first-order chi connectivity index (χ1) is 5.13. The molecule has 3 amide bonds. The zero-order chi connectivity index (χ0) is 8.85. The third-order valence-electron chi connectivity index (χ3n) is 1.23. The molecule has 5 heteroatoms. The Labute approximate surface area is 64.1 Å². The molecular formula is C6H10N2O3. The van der Waals surface area contributed by atoms with Gasteiger partial charge < -0.3 is 5.32 Å². The van der Waals surface area contributed by atoms with E-state index in [1.807, 2.05) is 5.32 Å². The van der Waals surface area contributed by atoms with Crippen LogP contribution in [0.5, 0.6) is 0 Å². The van der Waals surface area contributed by atoms with Crippen LogP contribution in [0, 0.1) is 5.92 Å². The molecule has 0 saturated carbocycles. The number of imide groups is 1. The maximum Gasteiger partial charge on any atom is 0.238 e. The third kappa shape index (κ3) is 2.79. The van der Waals surface area contributed by atoms with Crippen molar-refractivity contribution in [2.24, 2.45) is 5.92 Å². The van der Waals surface area contributed by atoms with Gasteiger partial charge in [-0.05, 0) is 6.92 Å². The second-order valence-electron chi connectivity index (χ2n) is 1.96. The van der Waals surface area contributed by atoms with E-state index in [0.717, 1.165) is 0 Å². The Balaban J connectivity index is 4.01. The van der Waals surface area contributed by atoms with Crippen LogP contribution in [0.1, 0.15) is 6.92 Å². The summed E-state index contributed by atoms with van der Waals surface area (Å²) in [5.74, 6) is -1.84. The topological polar surface area (TPSA) is 75.3 Å². The third-order valence-corrected chi connectivity index (χ3v) is 1.23. The molecule has 1 atom stereocenters. The van der Waals surface area contributed by atoms with Crippen LogP contribution in [-0.2, 0) is 14.4 Å². The summed E-state index contributed by atoms with van der Waals surface area (Å²) in [4.78, 5) is 31.2. The molecule has 0 rings (SSSR count). The van der Waals surface area contributed by atoms with E-state index < -0.39 is 17.7 Å². The van der Waals surface area contributed by atoms with Gasteiger partial charge in [0.15, 0.2) is 0 Å². The highest BCUT2D eigenvalue weighted by atomic mass is 16.2. The Hall–Kier alpha value is -1.39. The summed E-state index contributed by atoms with van der Waals surface area (Å²) in [7, 11) is 1.42. The molecule has 0 heterocycles. The second-order valence-corrected chi connectivity index (χ2v) is 1.96. The zero-order valence-corrected chi connectivity index (χ0v) is 6.38. The van der Waals surface area contributed by atoms with Gasteiger partial charge in [0.1, 0.15) is 5.92 Å². The van der Waals surface area contributed by atoms with Gasteiger partial charge >= 0.3 is 0 Å². The van der Waals surface area contributed by atoms with Crippen molar-refractivity contribution in [3.05, 3.63) is 0 Å². The molecule has 62 valence electrons. The minimum Gasteiger partial charge on any atom is -0.358 e. The quantitative estimate of drug-likeness (QED) is 0.393. The van der Waals surface area contributed by atoms with Gasteiger partial charge in [-0.2, -0.15) is 0 Å². The number of rotatable bonds is 3. The molecule has 11 heavy (non-hydrogen) atoms. The summed E-state index contributed by atoms with van der Waals surface area (Å²) in [5.41, 5.74) is 0. The Kier molecular flexibility index (Phi) is 3.87. The normalized spacial score (nSPS) is 11.5. The Bertz CT molecular complexity index is 179. The minimum atomic E-state index is -0.829. The fraction of sp³-hybridized carbons (Fsp3) is 0.500. The lowest BCUT2D eigenvalue weighted by Crippen LogP contribution is -2.37. The first kappa shape index (κ1) is 9.61. The molecule has 0 fully saturated rings. The van der Waals surface area contributed by atoms with Gasteiger partial charge in [0.05, 0.1) is 0 Å². The lowest BCUT2D eigenvalue weighted by Gasteiger charge is -2.05. The summed E-state index contributed by atoms with van der Waals surface area (Å²) in [6, 6.07) is 0. The summed E-state index contributed by atoms with van der Waals surface area (Å²) < 4.78 is 0. The number of carbonyl (C=O) groups excluding carboxylic acids is 3. The summed E-state index contributed by atoms with van der Waals surface area (Å²) in [6.07, 6.45) is 0.252. The van der Waals surface area contributed by atoms with E-state index in [1.165, 1.54) is 14.0 Å². The molecule has 0 aromatic heterocycles. The average Bonchev–Trinajstić information content (AvgIpc) is 2.02. The molecule has 0 aromatic rings. The van der Waals surface area contributed by atoms with Gasteiger partial charge in [-0.1, -0.05) is 0 Å². The van der Waals surface area contributed by atoms with Gasteiger partial charge in [-0.3, -0.25) is 19.7 Å². The molecule has 0 aliphatic heterocycles. The van der Waals surface area contributed by atoms with Crippen LogP contribution in [0.4, 0.5) is 0 Å². The summed E-state index contributed by atoms with van der Waals surface area (Å²) >= 11 is 0.